The van der Waals surface area contributed by atoms with Gasteiger partial charge in [-0.1, -0.05) is 0 Å². The third-order valence-electron chi connectivity index (χ3n) is 1.85. The van der Waals surface area contributed by atoms with Crippen molar-refractivity contribution in [3.05, 3.63) is 12.3 Å². The molecule has 0 saturated heterocycles. The number of pyridine rings is 1. The van der Waals surface area contributed by atoms with Gasteiger partial charge in [0.1, 0.15) is 5.69 Å². The molecule has 2 N–H and O–H groups in total. The molecule has 64 valence electrons. The van der Waals surface area contributed by atoms with Crippen molar-refractivity contribution >= 4 is 11.4 Å². The number of aromatic nitrogens is 1. The topological polar surface area (TPSA) is 46.2 Å². The van der Waals surface area contributed by atoms with E-state index in [0.29, 0.717) is 5.88 Å². The molecule has 1 aliphatic rings. The summed E-state index contributed by atoms with van der Waals surface area (Å²) in [5, 5.41) is 6.49. The molecule has 0 bridgehead atoms. The molecule has 4 heteroatoms. The van der Waals surface area contributed by atoms with Crippen LogP contribution in [0.2, 0.25) is 0 Å². The van der Waals surface area contributed by atoms with Gasteiger partial charge < -0.3 is 15.4 Å². The molecule has 0 unspecified atom stereocenters. The SMILES string of the molecule is COc1nccc2c1NCCN2. The third kappa shape index (κ3) is 1.05. The molecule has 2 rings (SSSR count). The molecule has 0 aliphatic carbocycles. The van der Waals surface area contributed by atoms with E-state index in [1.165, 1.54) is 0 Å². The van der Waals surface area contributed by atoms with Gasteiger partial charge in [0, 0.05) is 19.3 Å². The highest BCUT2D eigenvalue weighted by Gasteiger charge is 2.12. The molecule has 1 aromatic rings. The summed E-state index contributed by atoms with van der Waals surface area (Å²) in [6, 6.07) is 1.93. The smallest absolute Gasteiger partial charge is 0.239 e. The minimum Gasteiger partial charge on any atom is -0.479 e. The van der Waals surface area contributed by atoms with E-state index in [2.05, 4.69) is 15.6 Å². The van der Waals surface area contributed by atoms with Gasteiger partial charge in [-0.2, -0.15) is 0 Å². The van der Waals surface area contributed by atoms with Crippen LogP contribution in [0.15, 0.2) is 12.3 Å². The molecule has 1 aromatic heterocycles. The quantitative estimate of drug-likeness (QED) is 0.649. The summed E-state index contributed by atoms with van der Waals surface area (Å²) < 4.78 is 5.10. The summed E-state index contributed by atoms with van der Waals surface area (Å²) in [6.45, 7) is 1.86. The Balaban J connectivity index is 2.44. The molecule has 0 fully saturated rings. The third-order valence-corrected chi connectivity index (χ3v) is 1.85. The lowest BCUT2D eigenvalue weighted by Gasteiger charge is -2.20. The molecule has 0 atom stereocenters. The van der Waals surface area contributed by atoms with Crippen LogP contribution in [-0.4, -0.2) is 25.2 Å². The van der Waals surface area contributed by atoms with E-state index in [9.17, 15) is 0 Å². The number of hydrogen-bond donors (Lipinski definition) is 2. The normalized spacial score (nSPS) is 14.1. The summed E-state index contributed by atoms with van der Waals surface area (Å²) in [5.74, 6) is 0.653. The van der Waals surface area contributed by atoms with Gasteiger partial charge in [-0.15, -0.1) is 0 Å². The van der Waals surface area contributed by atoms with Crippen LogP contribution < -0.4 is 15.4 Å². The molecule has 0 spiro atoms. The van der Waals surface area contributed by atoms with Crippen LogP contribution in [0.3, 0.4) is 0 Å². The van der Waals surface area contributed by atoms with Crippen LogP contribution in [0, 0.1) is 0 Å². The summed E-state index contributed by atoms with van der Waals surface area (Å²) in [6.07, 6.45) is 1.73. The van der Waals surface area contributed by atoms with E-state index in [1.54, 1.807) is 13.3 Å². The van der Waals surface area contributed by atoms with Crippen molar-refractivity contribution in [1.82, 2.24) is 4.98 Å². The predicted octanol–water partition coefficient (Wildman–Crippen LogP) is 0.928. The van der Waals surface area contributed by atoms with Gasteiger partial charge in [0.25, 0.3) is 0 Å². The van der Waals surface area contributed by atoms with Crippen LogP contribution in [0.4, 0.5) is 11.4 Å². The number of ether oxygens (including phenoxy) is 1. The molecule has 0 aromatic carbocycles. The first-order chi connectivity index (χ1) is 5.92. The fourth-order valence-corrected chi connectivity index (χ4v) is 1.30. The number of nitrogens with zero attached hydrogens (tertiary/aromatic N) is 1. The number of nitrogens with one attached hydrogen (secondary N) is 2. The van der Waals surface area contributed by atoms with Gasteiger partial charge in [0.2, 0.25) is 5.88 Å². The first-order valence-electron chi connectivity index (χ1n) is 3.92. The van der Waals surface area contributed by atoms with Crippen LogP contribution >= 0.6 is 0 Å². The highest BCUT2D eigenvalue weighted by molar-refractivity contribution is 5.74. The second-order valence-electron chi connectivity index (χ2n) is 2.60. The molecule has 0 amide bonds. The van der Waals surface area contributed by atoms with E-state index in [4.69, 9.17) is 4.74 Å². The number of hydrogen-bond acceptors (Lipinski definition) is 4. The number of anilines is 2. The van der Waals surface area contributed by atoms with Gasteiger partial charge in [0.05, 0.1) is 12.8 Å². The lowest BCUT2D eigenvalue weighted by molar-refractivity contribution is 0.399. The standard InChI is InChI=1S/C8H11N3O/c1-12-8-7-6(2-3-11-8)9-4-5-10-7/h2-3,9-10H,4-5H2,1H3. The summed E-state index contributed by atoms with van der Waals surface area (Å²) >= 11 is 0. The lowest BCUT2D eigenvalue weighted by Crippen LogP contribution is -2.21. The zero-order valence-electron chi connectivity index (χ0n) is 6.92. The molecular formula is C8H11N3O. The van der Waals surface area contributed by atoms with Gasteiger partial charge >= 0.3 is 0 Å². The van der Waals surface area contributed by atoms with Gasteiger partial charge in [-0.05, 0) is 6.07 Å². The van der Waals surface area contributed by atoms with E-state index in [1.807, 2.05) is 6.07 Å². The Kier molecular flexibility index (Phi) is 1.74. The van der Waals surface area contributed by atoms with E-state index < -0.39 is 0 Å². The van der Waals surface area contributed by atoms with Crippen molar-refractivity contribution in [3.63, 3.8) is 0 Å². The largest absolute Gasteiger partial charge is 0.479 e. The van der Waals surface area contributed by atoms with E-state index >= 15 is 0 Å². The summed E-state index contributed by atoms with van der Waals surface area (Å²) in [4.78, 5) is 4.09. The van der Waals surface area contributed by atoms with Crippen LogP contribution in [0.25, 0.3) is 0 Å². The second-order valence-corrected chi connectivity index (χ2v) is 2.60. The zero-order valence-corrected chi connectivity index (χ0v) is 6.92. The van der Waals surface area contributed by atoms with Crippen molar-refractivity contribution in [2.24, 2.45) is 0 Å². The molecule has 4 nitrogen and oxygen atoms in total. The van der Waals surface area contributed by atoms with Gasteiger partial charge in [0.15, 0.2) is 0 Å². The minimum absolute atomic E-state index is 0.653. The Morgan fingerprint density at radius 2 is 2.25 bits per heavy atom. The number of rotatable bonds is 1. The van der Waals surface area contributed by atoms with Crippen LogP contribution in [0.1, 0.15) is 0 Å². The molecule has 1 aliphatic heterocycles. The Hall–Kier alpha value is -1.45. The van der Waals surface area contributed by atoms with Crippen LogP contribution in [0.5, 0.6) is 5.88 Å². The predicted molar refractivity (Wildman–Crippen MR) is 47.8 cm³/mol. The zero-order chi connectivity index (χ0) is 8.39. The second kappa shape index (κ2) is 2.89. The monoisotopic (exact) mass is 165 g/mol. The maximum atomic E-state index is 5.10. The average molecular weight is 165 g/mol. The minimum atomic E-state index is 0.653. The number of fused-ring (bicyclic) bond motifs is 1. The highest BCUT2D eigenvalue weighted by Crippen LogP contribution is 2.31. The highest BCUT2D eigenvalue weighted by atomic mass is 16.5. The summed E-state index contributed by atoms with van der Waals surface area (Å²) in [7, 11) is 1.62. The fraction of sp³-hybridized carbons (Fsp3) is 0.375. The summed E-state index contributed by atoms with van der Waals surface area (Å²) in [5.41, 5.74) is 2.03. The molecule has 2 heterocycles. The van der Waals surface area contributed by atoms with E-state index in [-0.39, 0.29) is 0 Å². The first kappa shape index (κ1) is 7.21. The Bertz CT molecular complexity index is 273. The molecule has 0 saturated carbocycles. The Morgan fingerprint density at radius 3 is 3.08 bits per heavy atom. The average Bonchev–Trinajstić information content (AvgIpc) is 2.17. The molecule has 0 radical (unpaired) electrons. The maximum Gasteiger partial charge on any atom is 0.239 e. The van der Waals surface area contributed by atoms with Crippen LogP contribution in [-0.2, 0) is 0 Å². The van der Waals surface area contributed by atoms with Crippen molar-refractivity contribution < 1.29 is 4.74 Å². The molecule has 12 heavy (non-hydrogen) atoms. The van der Waals surface area contributed by atoms with Crippen molar-refractivity contribution in [2.45, 2.75) is 0 Å². The van der Waals surface area contributed by atoms with Gasteiger partial charge in [-0.25, -0.2) is 4.98 Å². The van der Waals surface area contributed by atoms with Crippen molar-refractivity contribution in [2.75, 3.05) is 30.8 Å². The maximum absolute atomic E-state index is 5.10. The number of methoxy groups -OCH3 is 1. The van der Waals surface area contributed by atoms with E-state index in [0.717, 1.165) is 24.5 Å². The molecular weight excluding hydrogens is 154 g/mol. The Morgan fingerprint density at radius 1 is 1.42 bits per heavy atom. The van der Waals surface area contributed by atoms with Crippen molar-refractivity contribution in [1.29, 1.82) is 0 Å². The van der Waals surface area contributed by atoms with Crippen molar-refractivity contribution in [3.8, 4) is 5.88 Å². The van der Waals surface area contributed by atoms with Gasteiger partial charge in [-0.3, -0.25) is 0 Å². The first-order valence-corrected chi connectivity index (χ1v) is 3.92. The Labute approximate surface area is 71.0 Å². The lowest BCUT2D eigenvalue weighted by atomic mass is 10.3. The fourth-order valence-electron chi connectivity index (χ4n) is 1.30.